The van der Waals surface area contributed by atoms with Gasteiger partial charge in [0.1, 0.15) is 0 Å². The lowest BCUT2D eigenvalue weighted by atomic mass is 10.7. The quantitative estimate of drug-likeness (QED) is 0.478. The van der Waals surface area contributed by atoms with Crippen LogP contribution in [-0.2, 0) is 4.79 Å². The van der Waals surface area contributed by atoms with Gasteiger partial charge in [0, 0.05) is 0 Å². The molecule has 0 atom stereocenters. The first-order valence-electron chi connectivity index (χ1n) is 1.97. The lowest BCUT2D eigenvalue weighted by Gasteiger charge is -1.84. The van der Waals surface area contributed by atoms with Gasteiger partial charge >= 0.3 is 0 Å². The Labute approximate surface area is 37.5 Å². The van der Waals surface area contributed by atoms with E-state index in [-0.39, 0.29) is 0 Å². The van der Waals surface area contributed by atoms with E-state index in [9.17, 15) is 4.79 Å². The molecule has 0 amide bonds. The van der Waals surface area contributed by atoms with Gasteiger partial charge in [-0.25, -0.2) is 0 Å². The first-order valence-corrected chi connectivity index (χ1v) is 1.97. The fourth-order valence-electron chi connectivity index (χ4n) is 0.176. The lowest BCUT2D eigenvalue weighted by molar-refractivity contribution is 0.550. The van der Waals surface area contributed by atoms with E-state index in [1.54, 1.807) is 6.29 Å². The molecule has 2 heteroatoms. The Morgan fingerprint density at radius 3 is 2.67 bits per heavy atom. The molecule has 6 heavy (non-hydrogen) atoms. The van der Waals surface area contributed by atoms with Crippen LogP contribution < -0.4 is 5.32 Å². The Kier molecular flexibility index (Phi) is 4.34. The van der Waals surface area contributed by atoms with Crippen LogP contribution in [0.5, 0.6) is 0 Å². The van der Waals surface area contributed by atoms with Gasteiger partial charge < -0.3 is 5.32 Å². The third-order valence-corrected chi connectivity index (χ3v) is 0.447. The van der Waals surface area contributed by atoms with Gasteiger partial charge in [0.25, 0.3) is 0 Å². The van der Waals surface area contributed by atoms with Crippen LogP contribution in [0.2, 0.25) is 0 Å². The van der Waals surface area contributed by atoms with Crippen LogP contribution >= 0.6 is 0 Å². The average molecular weight is 86.1 g/mol. The standard InChI is InChI=1S/C4H8NO/c1-2-5-3-4-6/h5H,2-3H2,1H3. The van der Waals surface area contributed by atoms with Gasteiger partial charge in [-0.1, -0.05) is 6.92 Å². The van der Waals surface area contributed by atoms with Gasteiger partial charge in [-0.2, -0.15) is 0 Å². The molecule has 0 saturated heterocycles. The predicted octanol–water partition coefficient (Wildman–Crippen LogP) is -0.294. The molecule has 2 nitrogen and oxygen atoms in total. The normalized spacial score (nSPS) is 8.17. The van der Waals surface area contributed by atoms with Crippen LogP contribution in [0, 0.1) is 0 Å². The number of likely N-dealkylation sites (N-methyl/N-ethyl adjacent to an activating group) is 1. The maximum absolute atomic E-state index is 9.38. The molecule has 0 aromatic carbocycles. The topological polar surface area (TPSA) is 29.1 Å². The number of hydrogen-bond acceptors (Lipinski definition) is 2. The zero-order chi connectivity index (χ0) is 4.83. The van der Waals surface area contributed by atoms with Crippen LogP contribution in [0.1, 0.15) is 6.92 Å². The molecule has 1 radical (unpaired) electrons. The molecule has 0 saturated carbocycles. The predicted molar refractivity (Wildman–Crippen MR) is 24.2 cm³/mol. The SMILES string of the molecule is CCNC[C]=O. The molecule has 0 heterocycles. The van der Waals surface area contributed by atoms with Crippen LogP contribution in [0.4, 0.5) is 0 Å². The highest BCUT2D eigenvalue weighted by molar-refractivity contribution is 5.52. The summed E-state index contributed by atoms with van der Waals surface area (Å²) in [5.41, 5.74) is 0. The minimum Gasteiger partial charge on any atom is -0.310 e. The maximum Gasteiger partial charge on any atom is 0.213 e. The van der Waals surface area contributed by atoms with Crippen molar-refractivity contribution in [2.24, 2.45) is 0 Å². The monoisotopic (exact) mass is 86.1 g/mol. The second-order valence-corrected chi connectivity index (χ2v) is 0.925. The summed E-state index contributed by atoms with van der Waals surface area (Å²) < 4.78 is 0. The third-order valence-electron chi connectivity index (χ3n) is 0.447. The Morgan fingerprint density at radius 1 is 1.83 bits per heavy atom. The van der Waals surface area contributed by atoms with Gasteiger partial charge in [-0.05, 0) is 6.54 Å². The molecule has 0 spiro atoms. The molecule has 0 aliphatic carbocycles. The van der Waals surface area contributed by atoms with Crippen molar-refractivity contribution >= 4 is 6.29 Å². The summed E-state index contributed by atoms with van der Waals surface area (Å²) in [5, 5.41) is 2.77. The van der Waals surface area contributed by atoms with Gasteiger partial charge in [-0.15, -0.1) is 0 Å². The summed E-state index contributed by atoms with van der Waals surface area (Å²) in [4.78, 5) is 9.38. The zero-order valence-corrected chi connectivity index (χ0v) is 3.82. The van der Waals surface area contributed by atoms with E-state index in [0.717, 1.165) is 6.54 Å². The highest BCUT2D eigenvalue weighted by Crippen LogP contribution is 1.46. The van der Waals surface area contributed by atoms with E-state index in [1.165, 1.54) is 0 Å². The minimum absolute atomic E-state index is 0.358. The molecule has 0 aliphatic rings. The minimum atomic E-state index is 0.358. The summed E-state index contributed by atoms with van der Waals surface area (Å²) in [5.74, 6) is 0. The molecule has 0 unspecified atom stereocenters. The molecular weight excluding hydrogens is 78.0 g/mol. The Balaban J connectivity index is 2.49. The highest BCUT2D eigenvalue weighted by atomic mass is 16.1. The first-order chi connectivity index (χ1) is 2.91. The number of nitrogens with one attached hydrogen (secondary N) is 1. The van der Waals surface area contributed by atoms with Crippen molar-refractivity contribution in [3.8, 4) is 0 Å². The van der Waals surface area contributed by atoms with Crippen LogP contribution in [0.25, 0.3) is 0 Å². The van der Waals surface area contributed by atoms with Crippen molar-refractivity contribution in [1.82, 2.24) is 5.32 Å². The Bertz CT molecular complexity index is 36.5. The van der Waals surface area contributed by atoms with Crippen molar-refractivity contribution in [2.75, 3.05) is 13.1 Å². The Morgan fingerprint density at radius 2 is 2.50 bits per heavy atom. The van der Waals surface area contributed by atoms with Gasteiger partial charge in [0.05, 0.1) is 6.54 Å². The molecule has 1 N–H and O–H groups in total. The van der Waals surface area contributed by atoms with Crippen LogP contribution in [0.3, 0.4) is 0 Å². The fraction of sp³-hybridized carbons (Fsp3) is 0.750. The number of hydrogen-bond donors (Lipinski definition) is 1. The lowest BCUT2D eigenvalue weighted by Crippen LogP contribution is -2.14. The molecule has 0 aromatic rings. The smallest absolute Gasteiger partial charge is 0.213 e. The van der Waals surface area contributed by atoms with Crippen molar-refractivity contribution < 1.29 is 4.79 Å². The van der Waals surface area contributed by atoms with E-state index >= 15 is 0 Å². The summed E-state index contributed by atoms with van der Waals surface area (Å²) in [6.45, 7) is 3.14. The molecule has 0 bridgehead atoms. The second kappa shape index (κ2) is 4.63. The summed E-state index contributed by atoms with van der Waals surface area (Å²) in [6, 6.07) is 0. The van der Waals surface area contributed by atoms with E-state index in [4.69, 9.17) is 0 Å². The number of carbonyl (C=O) groups excluding carboxylic acids is 1. The van der Waals surface area contributed by atoms with Crippen LogP contribution in [-0.4, -0.2) is 19.4 Å². The molecular formula is C4H8NO. The van der Waals surface area contributed by atoms with Gasteiger partial charge in [0.15, 0.2) is 0 Å². The Hall–Kier alpha value is -0.370. The van der Waals surface area contributed by atoms with E-state index in [2.05, 4.69) is 5.32 Å². The van der Waals surface area contributed by atoms with Crippen LogP contribution in [0.15, 0.2) is 0 Å². The molecule has 0 aliphatic heterocycles. The van der Waals surface area contributed by atoms with Gasteiger partial charge in [0.2, 0.25) is 6.29 Å². The highest BCUT2D eigenvalue weighted by Gasteiger charge is 1.72. The third kappa shape index (κ3) is 3.63. The molecule has 0 rings (SSSR count). The van der Waals surface area contributed by atoms with Crippen molar-refractivity contribution in [2.45, 2.75) is 6.92 Å². The molecule has 0 fully saturated rings. The van der Waals surface area contributed by atoms with E-state index in [1.807, 2.05) is 6.92 Å². The van der Waals surface area contributed by atoms with Crippen molar-refractivity contribution in [3.63, 3.8) is 0 Å². The zero-order valence-electron chi connectivity index (χ0n) is 3.82. The summed E-state index contributed by atoms with van der Waals surface area (Å²) in [7, 11) is 0. The maximum atomic E-state index is 9.38. The average Bonchev–Trinajstić information content (AvgIpc) is 1.61. The molecule has 0 aromatic heterocycles. The van der Waals surface area contributed by atoms with Gasteiger partial charge in [-0.3, -0.25) is 4.79 Å². The largest absolute Gasteiger partial charge is 0.310 e. The molecule has 35 valence electrons. The first kappa shape index (κ1) is 5.63. The summed E-state index contributed by atoms with van der Waals surface area (Å²) in [6.07, 6.45) is 1.71. The fourth-order valence-corrected chi connectivity index (χ4v) is 0.176. The van der Waals surface area contributed by atoms with Crippen molar-refractivity contribution in [3.05, 3.63) is 0 Å². The van der Waals surface area contributed by atoms with Crippen molar-refractivity contribution in [1.29, 1.82) is 0 Å². The number of rotatable bonds is 3. The second-order valence-electron chi connectivity index (χ2n) is 0.925. The summed E-state index contributed by atoms with van der Waals surface area (Å²) >= 11 is 0. The van der Waals surface area contributed by atoms with E-state index < -0.39 is 0 Å². The van der Waals surface area contributed by atoms with E-state index in [0.29, 0.717) is 6.54 Å².